The predicted molar refractivity (Wildman–Crippen MR) is 84.5 cm³/mol. The first kappa shape index (κ1) is 14.9. The maximum Gasteiger partial charge on any atom is 0.269 e. The third-order valence-electron chi connectivity index (χ3n) is 3.96. The van der Waals surface area contributed by atoms with E-state index in [0.717, 1.165) is 5.56 Å². The topological polar surface area (TPSA) is 80.5 Å². The highest BCUT2D eigenvalue weighted by Crippen LogP contribution is 2.33. The van der Waals surface area contributed by atoms with Crippen LogP contribution in [0.25, 0.3) is 0 Å². The largest absolute Gasteiger partial charge is 0.301 e. The van der Waals surface area contributed by atoms with E-state index in [9.17, 15) is 19.7 Å². The molecule has 0 aliphatic carbocycles. The van der Waals surface area contributed by atoms with Gasteiger partial charge in [-0.2, -0.15) is 0 Å². The predicted octanol–water partition coefficient (Wildman–Crippen LogP) is 2.76. The van der Waals surface area contributed by atoms with E-state index >= 15 is 0 Å². The zero-order chi connectivity index (χ0) is 16.6. The number of fused-ring (bicyclic) bond motifs is 1. The lowest BCUT2D eigenvalue weighted by Gasteiger charge is -2.22. The van der Waals surface area contributed by atoms with Crippen molar-refractivity contribution < 1.29 is 14.5 Å². The summed E-state index contributed by atoms with van der Waals surface area (Å²) in [6, 6.07) is 12.5. The van der Waals surface area contributed by atoms with Crippen molar-refractivity contribution >= 4 is 23.1 Å². The van der Waals surface area contributed by atoms with Crippen molar-refractivity contribution in [2.75, 3.05) is 4.90 Å². The summed E-state index contributed by atoms with van der Waals surface area (Å²) in [6.45, 7) is 1.43. The van der Waals surface area contributed by atoms with Crippen molar-refractivity contribution in [3.8, 4) is 0 Å². The quantitative estimate of drug-likeness (QED) is 0.645. The van der Waals surface area contributed by atoms with E-state index in [0.29, 0.717) is 17.7 Å². The summed E-state index contributed by atoms with van der Waals surface area (Å²) in [5.41, 5.74) is 1.93. The number of nitro benzene ring substituents is 1. The number of carbonyl (C=O) groups excluding carboxylic acids is 2. The average molecular weight is 310 g/mol. The first-order valence-electron chi connectivity index (χ1n) is 7.15. The van der Waals surface area contributed by atoms with E-state index in [1.165, 1.54) is 24.0 Å². The maximum atomic E-state index is 12.6. The molecule has 3 rings (SSSR count). The number of ketones is 1. The number of rotatable bonds is 3. The number of nitro groups is 1. The first-order valence-corrected chi connectivity index (χ1v) is 7.15. The van der Waals surface area contributed by atoms with Crippen LogP contribution in [0.2, 0.25) is 0 Å². The van der Waals surface area contributed by atoms with Gasteiger partial charge in [0, 0.05) is 31.0 Å². The summed E-state index contributed by atoms with van der Waals surface area (Å²) in [7, 11) is 0. The van der Waals surface area contributed by atoms with Gasteiger partial charge in [-0.1, -0.05) is 24.3 Å². The molecule has 6 heteroatoms. The van der Waals surface area contributed by atoms with E-state index in [1.54, 1.807) is 36.4 Å². The van der Waals surface area contributed by atoms with Crippen LogP contribution >= 0.6 is 0 Å². The molecular weight excluding hydrogens is 296 g/mol. The van der Waals surface area contributed by atoms with Crippen LogP contribution in [-0.4, -0.2) is 22.7 Å². The maximum absolute atomic E-state index is 12.6. The number of amides is 1. The Bertz CT molecular complexity index is 798. The molecule has 1 amide bonds. The van der Waals surface area contributed by atoms with Crippen LogP contribution in [0.1, 0.15) is 22.8 Å². The third kappa shape index (κ3) is 2.59. The van der Waals surface area contributed by atoms with Gasteiger partial charge in [0.25, 0.3) is 5.69 Å². The van der Waals surface area contributed by atoms with Gasteiger partial charge in [0.1, 0.15) is 6.04 Å². The molecule has 1 aliphatic rings. The van der Waals surface area contributed by atoms with Crippen LogP contribution in [-0.2, 0) is 11.2 Å². The van der Waals surface area contributed by atoms with E-state index in [-0.39, 0.29) is 17.4 Å². The Labute approximate surface area is 132 Å². The van der Waals surface area contributed by atoms with Crippen LogP contribution < -0.4 is 4.90 Å². The summed E-state index contributed by atoms with van der Waals surface area (Å²) in [4.78, 5) is 36.3. The second-order valence-corrected chi connectivity index (χ2v) is 5.41. The van der Waals surface area contributed by atoms with Crippen molar-refractivity contribution in [1.82, 2.24) is 0 Å². The van der Waals surface area contributed by atoms with E-state index in [4.69, 9.17) is 0 Å². The minimum atomic E-state index is -0.605. The smallest absolute Gasteiger partial charge is 0.269 e. The molecule has 1 unspecified atom stereocenters. The number of non-ortho nitro benzene ring substituents is 1. The molecule has 0 bridgehead atoms. The van der Waals surface area contributed by atoms with Crippen molar-refractivity contribution in [2.45, 2.75) is 19.4 Å². The molecule has 0 N–H and O–H groups in total. The molecule has 0 radical (unpaired) electrons. The Balaban J connectivity index is 1.91. The molecule has 2 aromatic carbocycles. The molecule has 23 heavy (non-hydrogen) atoms. The van der Waals surface area contributed by atoms with Gasteiger partial charge in [0.05, 0.1) is 10.6 Å². The van der Waals surface area contributed by atoms with Gasteiger partial charge >= 0.3 is 0 Å². The first-order chi connectivity index (χ1) is 11.0. The summed E-state index contributed by atoms with van der Waals surface area (Å²) in [6.07, 6.45) is 0.324. The van der Waals surface area contributed by atoms with Crippen LogP contribution in [0.15, 0.2) is 48.5 Å². The van der Waals surface area contributed by atoms with Gasteiger partial charge in [0.2, 0.25) is 5.91 Å². The summed E-state index contributed by atoms with van der Waals surface area (Å²) in [5.74, 6) is -0.302. The number of hydrogen-bond donors (Lipinski definition) is 0. The zero-order valence-electron chi connectivity index (χ0n) is 12.4. The van der Waals surface area contributed by atoms with Crippen molar-refractivity contribution in [3.63, 3.8) is 0 Å². The summed E-state index contributed by atoms with van der Waals surface area (Å²) >= 11 is 0. The molecule has 2 aromatic rings. The lowest BCUT2D eigenvalue weighted by atomic mass is 10.0. The minimum Gasteiger partial charge on any atom is -0.301 e. The number of hydrogen-bond acceptors (Lipinski definition) is 4. The standard InChI is InChI=1S/C17H14N2O4/c1-11(20)18-15-5-3-2-4-14(15)17(21)16(18)10-12-6-8-13(9-7-12)19(22)23/h2-9,16H,10H2,1H3. The molecular formula is C17H14N2O4. The van der Waals surface area contributed by atoms with Crippen molar-refractivity contribution in [3.05, 3.63) is 69.8 Å². The number of carbonyl (C=O) groups is 2. The van der Waals surface area contributed by atoms with Gasteiger partial charge in [-0.3, -0.25) is 19.7 Å². The van der Waals surface area contributed by atoms with Crippen molar-refractivity contribution in [1.29, 1.82) is 0 Å². The molecule has 6 nitrogen and oxygen atoms in total. The Morgan fingerprint density at radius 2 is 1.83 bits per heavy atom. The Morgan fingerprint density at radius 3 is 2.43 bits per heavy atom. The molecule has 1 atom stereocenters. The Kier molecular flexibility index (Phi) is 3.65. The second kappa shape index (κ2) is 5.64. The lowest BCUT2D eigenvalue weighted by Crippen LogP contribution is -2.40. The lowest BCUT2D eigenvalue weighted by molar-refractivity contribution is -0.384. The van der Waals surface area contributed by atoms with Crippen LogP contribution in [0, 0.1) is 10.1 Å². The minimum absolute atomic E-state index is 0.00166. The van der Waals surface area contributed by atoms with Gasteiger partial charge in [0.15, 0.2) is 5.78 Å². The average Bonchev–Trinajstić information content (AvgIpc) is 2.81. The molecule has 116 valence electrons. The molecule has 0 saturated heterocycles. The Hall–Kier alpha value is -3.02. The molecule has 0 fully saturated rings. The second-order valence-electron chi connectivity index (χ2n) is 5.41. The fourth-order valence-electron chi connectivity index (χ4n) is 2.91. The highest BCUT2D eigenvalue weighted by molar-refractivity contribution is 6.17. The van der Waals surface area contributed by atoms with Gasteiger partial charge in [-0.05, 0) is 17.7 Å². The fraction of sp³-hybridized carbons (Fsp3) is 0.176. The highest BCUT2D eigenvalue weighted by atomic mass is 16.6. The van der Waals surface area contributed by atoms with Gasteiger partial charge in [-0.15, -0.1) is 0 Å². The van der Waals surface area contributed by atoms with Crippen molar-refractivity contribution in [2.24, 2.45) is 0 Å². The number of Topliss-reactive ketones (excluding diaryl/α,β-unsaturated/α-hetero) is 1. The van der Waals surface area contributed by atoms with Crippen LogP contribution in [0.3, 0.4) is 0 Å². The number of nitrogens with zero attached hydrogens (tertiary/aromatic N) is 2. The number of anilines is 1. The van der Waals surface area contributed by atoms with E-state index in [1.807, 2.05) is 0 Å². The van der Waals surface area contributed by atoms with Gasteiger partial charge in [-0.25, -0.2) is 0 Å². The monoisotopic (exact) mass is 310 g/mol. The number of benzene rings is 2. The molecule has 1 heterocycles. The molecule has 0 aromatic heterocycles. The fourth-order valence-corrected chi connectivity index (χ4v) is 2.91. The SMILES string of the molecule is CC(=O)N1c2ccccc2C(=O)C1Cc1ccc([N+](=O)[O-])cc1. The summed E-state index contributed by atoms with van der Waals surface area (Å²) < 4.78 is 0. The molecule has 1 aliphatic heterocycles. The number of para-hydroxylation sites is 1. The third-order valence-corrected chi connectivity index (χ3v) is 3.96. The van der Waals surface area contributed by atoms with Gasteiger partial charge < -0.3 is 4.90 Å². The highest BCUT2D eigenvalue weighted by Gasteiger charge is 2.39. The zero-order valence-corrected chi connectivity index (χ0v) is 12.4. The Morgan fingerprint density at radius 1 is 1.17 bits per heavy atom. The molecule has 0 saturated carbocycles. The van der Waals surface area contributed by atoms with E-state index < -0.39 is 11.0 Å². The van der Waals surface area contributed by atoms with Crippen LogP contribution in [0.5, 0.6) is 0 Å². The van der Waals surface area contributed by atoms with Crippen LogP contribution in [0.4, 0.5) is 11.4 Å². The molecule has 0 spiro atoms. The van der Waals surface area contributed by atoms with E-state index in [2.05, 4.69) is 0 Å². The summed E-state index contributed by atoms with van der Waals surface area (Å²) in [5, 5.41) is 10.7. The normalized spacial score (nSPS) is 16.3.